The van der Waals surface area contributed by atoms with Gasteiger partial charge in [0, 0.05) is 30.4 Å². The summed E-state index contributed by atoms with van der Waals surface area (Å²) in [6.07, 6.45) is 2.73. The summed E-state index contributed by atoms with van der Waals surface area (Å²) in [5.41, 5.74) is 3.02. The molecule has 37 heavy (non-hydrogen) atoms. The third kappa shape index (κ3) is 4.69. The van der Waals surface area contributed by atoms with Gasteiger partial charge in [-0.25, -0.2) is 19.7 Å². The summed E-state index contributed by atoms with van der Waals surface area (Å²) in [6.45, 7) is 9.92. The fourth-order valence-electron chi connectivity index (χ4n) is 4.33. The first-order chi connectivity index (χ1) is 17.6. The van der Waals surface area contributed by atoms with E-state index in [1.165, 1.54) is 6.08 Å². The monoisotopic (exact) mass is 501 g/mol. The third-order valence-corrected chi connectivity index (χ3v) is 6.03. The Kier molecular flexibility index (Phi) is 6.02. The number of rotatable bonds is 3. The van der Waals surface area contributed by atoms with Gasteiger partial charge in [-0.2, -0.15) is 0 Å². The van der Waals surface area contributed by atoms with E-state index in [2.05, 4.69) is 16.5 Å². The molecular formula is C27H27N5O5. The Labute approximate surface area is 213 Å². The zero-order valence-electron chi connectivity index (χ0n) is 20.9. The Morgan fingerprint density at radius 1 is 1.16 bits per heavy atom. The highest BCUT2D eigenvalue weighted by molar-refractivity contribution is 6.05. The van der Waals surface area contributed by atoms with Gasteiger partial charge in [0.2, 0.25) is 0 Å². The van der Waals surface area contributed by atoms with Crippen LogP contribution in [-0.2, 0) is 16.0 Å². The van der Waals surface area contributed by atoms with Crippen molar-refractivity contribution in [2.24, 2.45) is 0 Å². The summed E-state index contributed by atoms with van der Waals surface area (Å²) in [5.74, 6) is 0.435. The summed E-state index contributed by atoms with van der Waals surface area (Å²) >= 11 is 0. The van der Waals surface area contributed by atoms with Crippen molar-refractivity contribution in [2.45, 2.75) is 32.8 Å². The van der Waals surface area contributed by atoms with Crippen LogP contribution in [0.15, 0.2) is 49.2 Å². The zero-order chi connectivity index (χ0) is 26.3. The minimum absolute atomic E-state index is 0.210. The van der Waals surface area contributed by atoms with Crippen molar-refractivity contribution in [2.75, 3.05) is 24.6 Å². The molecule has 0 radical (unpaired) electrons. The highest BCUT2D eigenvalue weighted by atomic mass is 16.6. The van der Waals surface area contributed by atoms with E-state index in [4.69, 9.17) is 14.5 Å². The fourth-order valence-corrected chi connectivity index (χ4v) is 4.33. The lowest BCUT2D eigenvalue weighted by Gasteiger charge is -2.29. The van der Waals surface area contributed by atoms with E-state index < -0.39 is 17.6 Å². The SMILES string of the molecule is C=CC(=O)N1CCOc2ccc(-c3nccc(-c4cc5c([nH]4)CCN(C(=O)OC(C)(C)C)C5=O)n3)cc21. The number of aromatic nitrogens is 3. The molecule has 0 bridgehead atoms. The predicted octanol–water partition coefficient (Wildman–Crippen LogP) is 3.98. The molecule has 10 nitrogen and oxygen atoms in total. The Morgan fingerprint density at radius 3 is 2.73 bits per heavy atom. The molecule has 0 aliphatic carbocycles. The first-order valence-electron chi connectivity index (χ1n) is 12.0. The maximum atomic E-state index is 13.0. The van der Waals surface area contributed by atoms with Gasteiger partial charge in [0.25, 0.3) is 11.8 Å². The normalized spacial score (nSPS) is 14.9. The molecule has 2 aliphatic rings. The Hall–Kier alpha value is -4.47. The smallest absolute Gasteiger partial charge is 0.417 e. The average molecular weight is 502 g/mol. The topological polar surface area (TPSA) is 118 Å². The number of aromatic amines is 1. The molecule has 2 aromatic heterocycles. The summed E-state index contributed by atoms with van der Waals surface area (Å²) in [7, 11) is 0. The maximum Gasteiger partial charge on any atom is 0.417 e. The molecule has 5 rings (SSSR count). The molecule has 0 atom stereocenters. The molecule has 0 unspecified atom stereocenters. The quantitative estimate of drug-likeness (QED) is 0.539. The second-order valence-corrected chi connectivity index (χ2v) is 9.75. The largest absolute Gasteiger partial charge is 0.490 e. The van der Waals surface area contributed by atoms with Gasteiger partial charge in [0.1, 0.15) is 18.0 Å². The number of amides is 3. The molecule has 10 heteroatoms. The second kappa shape index (κ2) is 9.20. The number of imide groups is 1. The number of nitrogens with zero attached hydrogens (tertiary/aromatic N) is 4. The molecule has 3 aromatic rings. The van der Waals surface area contributed by atoms with Crippen molar-refractivity contribution in [3.05, 3.63) is 60.4 Å². The summed E-state index contributed by atoms with van der Waals surface area (Å²) in [6, 6.07) is 8.89. The van der Waals surface area contributed by atoms with Crippen LogP contribution >= 0.6 is 0 Å². The van der Waals surface area contributed by atoms with Crippen molar-refractivity contribution in [3.8, 4) is 28.5 Å². The van der Waals surface area contributed by atoms with Crippen LogP contribution in [0, 0.1) is 0 Å². The molecule has 190 valence electrons. The molecule has 1 N–H and O–H groups in total. The van der Waals surface area contributed by atoms with Crippen LogP contribution < -0.4 is 9.64 Å². The minimum atomic E-state index is -0.697. The number of hydrogen-bond donors (Lipinski definition) is 1. The lowest BCUT2D eigenvalue weighted by atomic mass is 10.1. The van der Waals surface area contributed by atoms with Crippen molar-refractivity contribution < 1.29 is 23.9 Å². The average Bonchev–Trinajstić information content (AvgIpc) is 3.32. The zero-order valence-corrected chi connectivity index (χ0v) is 20.9. The standard InChI is InChI=1S/C27H27N5O5/c1-5-23(33)31-12-13-36-22-7-6-16(14-21(22)31)24-28-10-8-19(30-24)20-15-17-18(29-20)9-11-32(25(17)34)26(35)37-27(2,3)4/h5-8,10,14-15,29H,1,9,11-13H2,2-4H3. The van der Waals surface area contributed by atoms with Crippen LogP contribution in [-0.4, -0.2) is 63.1 Å². The highest BCUT2D eigenvalue weighted by Gasteiger charge is 2.34. The second-order valence-electron chi connectivity index (χ2n) is 9.75. The van der Waals surface area contributed by atoms with E-state index in [0.29, 0.717) is 59.3 Å². The van der Waals surface area contributed by atoms with Crippen LogP contribution in [0.5, 0.6) is 5.75 Å². The van der Waals surface area contributed by atoms with Gasteiger partial charge in [-0.15, -0.1) is 0 Å². The number of carbonyl (C=O) groups excluding carboxylic acids is 3. The molecule has 4 heterocycles. The first kappa shape index (κ1) is 24.2. The van der Waals surface area contributed by atoms with E-state index in [9.17, 15) is 14.4 Å². The van der Waals surface area contributed by atoms with Crippen LogP contribution in [0.25, 0.3) is 22.8 Å². The number of nitrogens with one attached hydrogen (secondary N) is 1. The Balaban J connectivity index is 1.44. The van der Waals surface area contributed by atoms with Gasteiger partial charge < -0.3 is 19.4 Å². The number of ether oxygens (including phenoxy) is 2. The van der Waals surface area contributed by atoms with Crippen LogP contribution in [0.2, 0.25) is 0 Å². The lowest BCUT2D eigenvalue weighted by Crippen LogP contribution is -2.44. The van der Waals surface area contributed by atoms with E-state index >= 15 is 0 Å². The number of fused-ring (bicyclic) bond motifs is 2. The lowest BCUT2D eigenvalue weighted by molar-refractivity contribution is -0.114. The fraction of sp³-hybridized carbons (Fsp3) is 0.296. The van der Waals surface area contributed by atoms with Gasteiger partial charge in [0.05, 0.1) is 29.2 Å². The van der Waals surface area contributed by atoms with E-state index in [1.807, 2.05) is 12.1 Å². The van der Waals surface area contributed by atoms with Gasteiger partial charge in [0.15, 0.2) is 5.82 Å². The van der Waals surface area contributed by atoms with E-state index in [1.54, 1.807) is 50.1 Å². The van der Waals surface area contributed by atoms with Crippen LogP contribution in [0.1, 0.15) is 36.8 Å². The Bertz CT molecular complexity index is 1420. The molecule has 0 spiro atoms. The minimum Gasteiger partial charge on any atom is -0.490 e. The summed E-state index contributed by atoms with van der Waals surface area (Å²) in [5, 5.41) is 0. The highest BCUT2D eigenvalue weighted by Crippen LogP contribution is 2.35. The molecule has 1 aromatic carbocycles. The number of H-pyrrole nitrogens is 1. The molecular weight excluding hydrogens is 474 g/mol. The maximum absolute atomic E-state index is 13.0. The number of carbonyl (C=O) groups is 3. The Morgan fingerprint density at radius 2 is 1.97 bits per heavy atom. The van der Waals surface area contributed by atoms with E-state index in [0.717, 1.165) is 10.6 Å². The van der Waals surface area contributed by atoms with Gasteiger partial charge in [-0.05, 0) is 57.2 Å². The molecule has 3 amide bonds. The third-order valence-electron chi connectivity index (χ3n) is 6.03. The van der Waals surface area contributed by atoms with Crippen LogP contribution in [0.3, 0.4) is 0 Å². The first-order valence-corrected chi connectivity index (χ1v) is 12.0. The molecule has 0 saturated carbocycles. The predicted molar refractivity (Wildman–Crippen MR) is 136 cm³/mol. The number of hydrogen-bond acceptors (Lipinski definition) is 7. The van der Waals surface area contributed by atoms with Gasteiger partial charge in [-0.3, -0.25) is 9.59 Å². The van der Waals surface area contributed by atoms with Crippen molar-refractivity contribution >= 4 is 23.6 Å². The van der Waals surface area contributed by atoms with Gasteiger partial charge >= 0.3 is 6.09 Å². The van der Waals surface area contributed by atoms with Crippen molar-refractivity contribution in [1.82, 2.24) is 19.9 Å². The molecule has 0 fully saturated rings. The van der Waals surface area contributed by atoms with E-state index in [-0.39, 0.29) is 12.5 Å². The van der Waals surface area contributed by atoms with Crippen molar-refractivity contribution in [3.63, 3.8) is 0 Å². The van der Waals surface area contributed by atoms with Crippen molar-refractivity contribution in [1.29, 1.82) is 0 Å². The molecule has 2 aliphatic heterocycles. The molecule has 0 saturated heterocycles. The summed E-state index contributed by atoms with van der Waals surface area (Å²) < 4.78 is 11.1. The van der Waals surface area contributed by atoms with Crippen LogP contribution in [0.4, 0.5) is 10.5 Å². The van der Waals surface area contributed by atoms with Gasteiger partial charge in [-0.1, -0.05) is 6.58 Å². The summed E-state index contributed by atoms with van der Waals surface area (Å²) in [4.78, 5) is 53.0. The number of anilines is 1. The number of benzene rings is 1.